The summed E-state index contributed by atoms with van der Waals surface area (Å²) >= 11 is 0. The molecule has 0 rings (SSSR count). The van der Waals surface area contributed by atoms with E-state index in [4.69, 9.17) is 9.31 Å². The van der Waals surface area contributed by atoms with E-state index in [0.29, 0.717) is 7.69 Å². The van der Waals surface area contributed by atoms with E-state index < -0.39 is 0 Å². The van der Waals surface area contributed by atoms with E-state index in [1.807, 2.05) is 0 Å². The van der Waals surface area contributed by atoms with Crippen molar-refractivity contribution < 1.29 is 9.31 Å². The van der Waals surface area contributed by atoms with Gasteiger partial charge in [-0.25, -0.2) is 0 Å². The third-order valence-electron chi connectivity index (χ3n) is 4.45. The molecule has 0 amide bonds. The summed E-state index contributed by atoms with van der Waals surface area (Å²) in [5.41, 5.74) is 0. The van der Waals surface area contributed by atoms with Crippen molar-refractivity contribution in [3.63, 3.8) is 0 Å². The highest BCUT2D eigenvalue weighted by Gasteiger charge is 1.96. The topological polar surface area (TPSA) is 18.5 Å². The van der Waals surface area contributed by atoms with Crippen LogP contribution >= 0.6 is 0 Å². The molecule has 0 spiro atoms. The van der Waals surface area contributed by atoms with Crippen LogP contribution in [0.25, 0.3) is 0 Å². The lowest BCUT2D eigenvalue weighted by atomic mass is 10.1. The molecular formula is C20H43BO2. The summed E-state index contributed by atoms with van der Waals surface area (Å²) in [4.78, 5) is 0. The van der Waals surface area contributed by atoms with Crippen LogP contribution in [-0.2, 0) is 9.31 Å². The largest absolute Gasteiger partial charge is 0.438 e. The van der Waals surface area contributed by atoms with Gasteiger partial charge in [-0.05, 0) is 12.8 Å². The maximum Gasteiger partial charge on any atom is 0.438 e. The number of unbranched alkanes of at least 4 members (excludes halogenated alkanes) is 14. The minimum absolute atomic E-state index is 0.493. The molecule has 0 aromatic heterocycles. The van der Waals surface area contributed by atoms with Crippen LogP contribution in [0.15, 0.2) is 0 Å². The first kappa shape index (κ1) is 23.0. The van der Waals surface area contributed by atoms with Crippen LogP contribution < -0.4 is 0 Å². The van der Waals surface area contributed by atoms with Crippen molar-refractivity contribution in [3.8, 4) is 0 Å². The van der Waals surface area contributed by atoms with Crippen molar-refractivity contribution in [2.45, 2.75) is 117 Å². The van der Waals surface area contributed by atoms with Gasteiger partial charge in [0, 0.05) is 13.2 Å². The van der Waals surface area contributed by atoms with Crippen LogP contribution in [0.2, 0.25) is 0 Å². The molecule has 0 aromatic carbocycles. The van der Waals surface area contributed by atoms with Crippen LogP contribution in [0.5, 0.6) is 0 Å². The Labute approximate surface area is 147 Å². The van der Waals surface area contributed by atoms with Crippen molar-refractivity contribution in [3.05, 3.63) is 0 Å². The van der Waals surface area contributed by atoms with E-state index >= 15 is 0 Å². The average molecular weight is 326 g/mol. The fourth-order valence-corrected chi connectivity index (χ4v) is 2.85. The van der Waals surface area contributed by atoms with Gasteiger partial charge >= 0.3 is 7.69 Å². The van der Waals surface area contributed by atoms with Crippen molar-refractivity contribution in [2.24, 2.45) is 0 Å². The Balaban J connectivity index is 2.92. The van der Waals surface area contributed by atoms with Crippen LogP contribution in [0.1, 0.15) is 117 Å². The van der Waals surface area contributed by atoms with E-state index in [1.54, 1.807) is 0 Å². The molecule has 3 heteroatoms. The van der Waals surface area contributed by atoms with Gasteiger partial charge in [0.05, 0.1) is 0 Å². The van der Waals surface area contributed by atoms with E-state index in [2.05, 4.69) is 13.8 Å². The fourth-order valence-electron chi connectivity index (χ4n) is 2.85. The molecule has 0 saturated heterocycles. The molecule has 0 aliphatic heterocycles. The minimum Gasteiger partial charge on any atom is -0.414 e. The molecule has 0 radical (unpaired) electrons. The Morgan fingerprint density at radius 2 is 0.739 bits per heavy atom. The molecule has 138 valence electrons. The highest BCUT2D eigenvalue weighted by atomic mass is 16.6. The smallest absolute Gasteiger partial charge is 0.414 e. The predicted octanol–water partition coefficient (Wildman–Crippen LogP) is 6.57. The Hall–Kier alpha value is -0.0151. The summed E-state index contributed by atoms with van der Waals surface area (Å²) in [6.45, 7) is 6.28. The fraction of sp³-hybridized carbons (Fsp3) is 1.00. The first-order chi connectivity index (χ1) is 11.4. The zero-order chi connectivity index (χ0) is 16.8. The molecule has 0 aromatic rings. The zero-order valence-corrected chi connectivity index (χ0v) is 16.3. The monoisotopic (exact) mass is 326 g/mol. The lowest BCUT2D eigenvalue weighted by Crippen LogP contribution is -2.07. The van der Waals surface area contributed by atoms with Crippen LogP contribution in [-0.4, -0.2) is 20.9 Å². The summed E-state index contributed by atoms with van der Waals surface area (Å²) in [6, 6.07) is 0. The summed E-state index contributed by atoms with van der Waals surface area (Å²) in [5, 5.41) is 0. The molecule has 23 heavy (non-hydrogen) atoms. The van der Waals surface area contributed by atoms with Crippen LogP contribution in [0.3, 0.4) is 0 Å². The Kier molecular flexibility index (Phi) is 22.0. The quantitative estimate of drug-likeness (QED) is 0.186. The van der Waals surface area contributed by atoms with Gasteiger partial charge in [0.2, 0.25) is 0 Å². The number of hydrogen-bond donors (Lipinski definition) is 0. The third-order valence-corrected chi connectivity index (χ3v) is 4.45. The van der Waals surface area contributed by atoms with E-state index in [0.717, 1.165) is 13.2 Å². The van der Waals surface area contributed by atoms with Crippen molar-refractivity contribution >= 4 is 7.69 Å². The summed E-state index contributed by atoms with van der Waals surface area (Å²) in [6.07, 6.45) is 21.7. The molecule has 2 nitrogen and oxygen atoms in total. The molecule has 0 saturated carbocycles. The van der Waals surface area contributed by atoms with Crippen LogP contribution in [0, 0.1) is 0 Å². The lowest BCUT2D eigenvalue weighted by Gasteiger charge is -2.05. The maximum absolute atomic E-state index is 5.53. The van der Waals surface area contributed by atoms with Gasteiger partial charge < -0.3 is 9.31 Å². The maximum atomic E-state index is 5.53. The molecule has 0 unspecified atom stereocenters. The standard InChI is InChI=1S/C20H43BO2/c1-3-5-7-9-11-13-15-17-19-22-21-23-20-18-16-14-12-10-8-6-4-2/h21H,3-20H2,1-2H3. The molecule has 0 fully saturated rings. The first-order valence-electron chi connectivity index (χ1n) is 10.6. The summed E-state index contributed by atoms with van der Waals surface area (Å²) in [5.74, 6) is 0. The van der Waals surface area contributed by atoms with Crippen LogP contribution in [0.4, 0.5) is 0 Å². The normalized spacial score (nSPS) is 11.0. The predicted molar refractivity (Wildman–Crippen MR) is 104 cm³/mol. The second-order valence-electron chi connectivity index (χ2n) is 6.88. The van der Waals surface area contributed by atoms with Gasteiger partial charge in [-0.15, -0.1) is 0 Å². The Morgan fingerprint density at radius 3 is 1.09 bits per heavy atom. The van der Waals surface area contributed by atoms with Crippen molar-refractivity contribution in [1.29, 1.82) is 0 Å². The second kappa shape index (κ2) is 22.0. The van der Waals surface area contributed by atoms with E-state index in [-0.39, 0.29) is 0 Å². The summed E-state index contributed by atoms with van der Waals surface area (Å²) in [7, 11) is 0.493. The van der Waals surface area contributed by atoms with Gasteiger partial charge in [-0.2, -0.15) is 0 Å². The molecule has 0 aliphatic carbocycles. The van der Waals surface area contributed by atoms with Gasteiger partial charge in [0.25, 0.3) is 0 Å². The molecule has 0 aliphatic rings. The van der Waals surface area contributed by atoms with Crippen molar-refractivity contribution in [1.82, 2.24) is 0 Å². The zero-order valence-electron chi connectivity index (χ0n) is 16.3. The Bertz CT molecular complexity index is 180. The third kappa shape index (κ3) is 22.0. The van der Waals surface area contributed by atoms with E-state index in [1.165, 1.54) is 103 Å². The van der Waals surface area contributed by atoms with Crippen molar-refractivity contribution in [2.75, 3.05) is 13.2 Å². The van der Waals surface area contributed by atoms with Gasteiger partial charge in [-0.3, -0.25) is 0 Å². The molecule has 0 N–H and O–H groups in total. The number of rotatable bonds is 20. The first-order valence-corrected chi connectivity index (χ1v) is 10.6. The molecule has 0 heterocycles. The lowest BCUT2D eigenvalue weighted by molar-refractivity contribution is 0.213. The highest BCUT2D eigenvalue weighted by Crippen LogP contribution is 2.09. The molecular weight excluding hydrogens is 283 g/mol. The SMILES string of the molecule is CCCCCCCCCCOBOCCCCCCCCCC. The van der Waals surface area contributed by atoms with Gasteiger partial charge in [0.15, 0.2) is 0 Å². The number of hydrogen-bond acceptors (Lipinski definition) is 2. The molecule has 0 bridgehead atoms. The second-order valence-corrected chi connectivity index (χ2v) is 6.88. The minimum atomic E-state index is 0.493. The van der Waals surface area contributed by atoms with Gasteiger partial charge in [-0.1, -0.05) is 104 Å². The summed E-state index contributed by atoms with van der Waals surface area (Å²) < 4.78 is 11.1. The Morgan fingerprint density at radius 1 is 0.435 bits per heavy atom. The molecule has 0 atom stereocenters. The van der Waals surface area contributed by atoms with E-state index in [9.17, 15) is 0 Å². The average Bonchev–Trinajstić information content (AvgIpc) is 2.57. The highest BCUT2D eigenvalue weighted by molar-refractivity contribution is 6.17. The van der Waals surface area contributed by atoms with Gasteiger partial charge in [0.1, 0.15) is 0 Å².